The Bertz CT molecular complexity index is 1140. The van der Waals surface area contributed by atoms with Crippen LogP contribution in [0.3, 0.4) is 0 Å². The second-order valence-corrected chi connectivity index (χ2v) is 8.73. The Kier molecular flexibility index (Phi) is 5.00. The maximum atomic E-state index is 13.6. The van der Waals surface area contributed by atoms with E-state index in [0.29, 0.717) is 34.2 Å². The summed E-state index contributed by atoms with van der Waals surface area (Å²) in [7, 11) is 0. The van der Waals surface area contributed by atoms with Gasteiger partial charge in [0, 0.05) is 16.6 Å². The van der Waals surface area contributed by atoms with E-state index in [0.717, 1.165) is 21.2 Å². The van der Waals surface area contributed by atoms with Crippen LogP contribution in [0.25, 0.3) is 10.1 Å². The van der Waals surface area contributed by atoms with Crippen molar-refractivity contribution in [2.45, 2.75) is 33.2 Å². The molecule has 0 spiro atoms. The third kappa shape index (κ3) is 3.16. The fourth-order valence-corrected chi connectivity index (χ4v) is 5.28. The van der Waals surface area contributed by atoms with Gasteiger partial charge in [0.25, 0.3) is 5.91 Å². The van der Waals surface area contributed by atoms with Gasteiger partial charge in [-0.1, -0.05) is 36.7 Å². The highest BCUT2D eigenvalue weighted by Gasteiger charge is 2.38. The monoisotopic (exact) mass is 428 g/mol. The van der Waals surface area contributed by atoms with Crippen LogP contribution in [0.1, 0.15) is 34.1 Å². The molecule has 0 saturated carbocycles. The van der Waals surface area contributed by atoms with Crippen LogP contribution in [0.2, 0.25) is 5.02 Å². The number of benzene rings is 2. The summed E-state index contributed by atoms with van der Waals surface area (Å²) in [4.78, 5) is 29.1. The molecule has 7 heteroatoms. The Morgan fingerprint density at radius 1 is 1.17 bits per heavy atom. The van der Waals surface area contributed by atoms with E-state index in [1.165, 1.54) is 16.2 Å². The van der Waals surface area contributed by atoms with E-state index in [4.69, 9.17) is 11.6 Å². The molecular weight excluding hydrogens is 408 g/mol. The van der Waals surface area contributed by atoms with Crippen molar-refractivity contribution in [1.29, 1.82) is 0 Å². The summed E-state index contributed by atoms with van der Waals surface area (Å²) in [6.45, 7) is 6.13. The quantitative estimate of drug-likeness (QED) is 0.536. The lowest BCUT2D eigenvalue weighted by Gasteiger charge is -2.41. The standard InChI is InChI=1S/C22H21ClN2O3S/c1-4-14-11-24(16-9-12(2)13(3)10-17(16)25(14)22(27)28)21(26)20-19(23)15-7-5-6-8-18(15)29-20/h5-10,14H,4,11H2,1-3H3,(H,27,28). The maximum Gasteiger partial charge on any atom is 0.412 e. The van der Waals surface area contributed by atoms with Gasteiger partial charge in [0.05, 0.1) is 22.4 Å². The first-order valence-corrected chi connectivity index (χ1v) is 10.6. The number of anilines is 2. The van der Waals surface area contributed by atoms with Crippen LogP contribution < -0.4 is 9.80 Å². The number of carbonyl (C=O) groups is 2. The number of hydrogen-bond donors (Lipinski definition) is 1. The van der Waals surface area contributed by atoms with Crippen LogP contribution in [-0.4, -0.2) is 29.7 Å². The van der Waals surface area contributed by atoms with Crippen LogP contribution in [0, 0.1) is 13.8 Å². The highest BCUT2D eigenvalue weighted by atomic mass is 35.5. The van der Waals surface area contributed by atoms with Crippen molar-refractivity contribution in [3.05, 3.63) is 57.4 Å². The largest absolute Gasteiger partial charge is 0.465 e. The number of hydrogen-bond acceptors (Lipinski definition) is 3. The van der Waals surface area contributed by atoms with Crippen molar-refractivity contribution in [3.63, 3.8) is 0 Å². The normalized spacial score (nSPS) is 16.2. The second-order valence-electron chi connectivity index (χ2n) is 7.30. The molecule has 2 heterocycles. The van der Waals surface area contributed by atoms with Gasteiger partial charge in [0.2, 0.25) is 0 Å². The Morgan fingerprint density at radius 3 is 2.45 bits per heavy atom. The smallest absolute Gasteiger partial charge is 0.412 e. The highest BCUT2D eigenvalue weighted by Crippen LogP contribution is 2.42. The number of carbonyl (C=O) groups excluding carboxylic acids is 1. The van der Waals surface area contributed by atoms with Gasteiger partial charge in [0.15, 0.2) is 0 Å². The van der Waals surface area contributed by atoms with E-state index in [1.807, 2.05) is 57.2 Å². The van der Waals surface area contributed by atoms with Crippen LogP contribution >= 0.6 is 22.9 Å². The summed E-state index contributed by atoms with van der Waals surface area (Å²) >= 11 is 7.93. The minimum atomic E-state index is -1.01. The van der Waals surface area contributed by atoms with Crippen molar-refractivity contribution in [2.75, 3.05) is 16.3 Å². The molecule has 3 aromatic rings. The van der Waals surface area contributed by atoms with Crippen LogP contribution in [0.5, 0.6) is 0 Å². The van der Waals surface area contributed by atoms with Gasteiger partial charge in [-0.05, 0) is 49.6 Å². The predicted octanol–water partition coefficient (Wildman–Crippen LogP) is 6.09. The first kappa shape index (κ1) is 19.7. The topological polar surface area (TPSA) is 60.9 Å². The Hall–Kier alpha value is -2.57. The zero-order chi connectivity index (χ0) is 20.9. The van der Waals surface area contributed by atoms with Crippen molar-refractivity contribution < 1.29 is 14.7 Å². The second kappa shape index (κ2) is 7.35. The first-order chi connectivity index (χ1) is 13.8. The number of fused-ring (bicyclic) bond motifs is 2. The van der Waals surface area contributed by atoms with E-state index >= 15 is 0 Å². The third-order valence-electron chi connectivity index (χ3n) is 5.55. The molecule has 2 aromatic carbocycles. The summed E-state index contributed by atoms with van der Waals surface area (Å²) in [6, 6.07) is 11.1. The number of nitrogens with zero attached hydrogens (tertiary/aromatic N) is 2. The van der Waals surface area contributed by atoms with Crippen molar-refractivity contribution >= 4 is 56.4 Å². The fourth-order valence-electron chi connectivity index (χ4n) is 3.82. The van der Waals surface area contributed by atoms with Crippen molar-refractivity contribution in [1.82, 2.24) is 0 Å². The molecule has 29 heavy (non-hydrogen) atoms. The molecule has 1 unspecified atom stereocenters. The van der Waals surface area contributed by atoms with Gasteiger partial charge in [-0.2, -0.15) is 0 Å². The predicted molar refractivity (Wildman–Crippen MR) is 119 cm³/mol. The Morgan fingerprint density at radius 2 is 1.83 bits per heavy atom. The average molecular weight is 429 g/mol. The lowest BCUT2D eigenvalue weighted by atomic mass is 10.0. The molecule has 4 rings (SSSR count). The zero-order valence-corrected chi connectivity index (χ0v) is 18.0. The Labute approximate surface area is 178 Å². The number of rotatable bonds is 2. The third-order valence-corrected chi connectivity index (χ3v) is 7.21. The molecule has 0 saturated heterocycles. The van der Waals surface area contributed by atoms with Gasteiger partial charge in [-0.3, -0.25) is 9.69 Å². The van der Waals surface area contributed by atoms with Gasteiger partial charge < -0.3 is 10.0 Å². The lowest BCUT2D eigenvalue weighted by molar-refractivity contribution is 0.0986. The summed E-state index contributed by atoms with van der Waals surface area (Å²) in [5.74, 6) is -0.191. The molecule has 1 aliphatic rings. The van der Waals surface area contributed by atoms with E-state index in [1.54, 1.807) is 4.90 Å². The molecule has 1 atom stereocenters. The van der Waals surface area contributed by atoms with Crippen LogP contribution in [0.4, 0.5) is 16.2 Å². The lowest BCUT2D eigenvalue weighted by Crippen LogP contribution is -2.52. The minimum Gasteiger partial charge on any atom is -0.465 e. The SMILES string of the molecule is CCC1CN(C(=O)c2sc3ccccc3c2Cl)c2cc(C)c(C)cc2N1C(=O)O. The van der Waals surface area contributed by atoms with Crippen LogP contribution in [-0.2, 0) is 0 Å². The molecule has 2 amide bonds. The van der Waals surface area contributed by atoms with E-state index in [2.05, 4.69) is 0 Å². The minimum absolute atomic E-state index is 0.191. The molecule has 0 aliphatic carbocycles. The van der Waals surface area contributed by atoms with E-state index in [-0.39, 0.29) is 11.9 Å². The Balaban J connectivity index is 1.87. The molecule has 1 aliphatic heterocycles. The highest BCUT2D eigenvalue weighted by molar-refractivity contribution is 7.21. The number of halogens is 1. The summed E-state index contributed by atoms with van der Waals surface area (Å²) in [5.41, 5.74) is 3.14. The average Bonchev–Trinajstić information content (AvgIpc) is 3.04. The molecule has 1 N–H and O–H groups in total. The van der Waals surface area contributed by atoms with Gasteiger partial charge in [-0.25, -0.2) is 4.79 Å². The van der Waals surface area contributed by atoms with Crippen molar-refractivity contribution in [3.8, 4) is 0 Å². The number of amides is 2. The molecule has 1 aromatic heterocycles. The van der Waals surface area contributed by atoms with Crippen molar-refractivity contribution in [2.24, 2.45) is 0 Å². The van der Waals surface area contributed by atoms with E-state index in [9.17, 15) is 14.7 Å². The maximum absolute atomic E-state index is 13.6. The molecule has 0 bridgehead atoms. The van der Waals surface area contributed by atoms with Gasteiger partial charge in [-0.15, -0.1) is 11.3 Å². The molecule has 150 valence electrons. The zero-order valence-electron chi connectivity index (χ0n) is 16.4. The fraction of sp³-hybridized carbons (Fsp3) is 0.273. The molecule has 0 radical (unpaired) electrons. The van der Waals surface area contributed by atoms with E-state index < -0.39 is 6.09 Å². The van der Waals surface area contributed by atoms with Crippen LogP contribution in [0.15, 0.2) is 36.4 Å². The first-order valence-electron chi connectivity index (χ1n) is 9.45. The van der Waals surface area contributed by atoms with Gasteiger partial charge >= 0.3 is 6.09 Å². The summed E-state index contributed by atoms with van der Waals surface area (Å²) in [5, 5.41) is 11.1. The molecule has 0 fully saturated rings. The number of thiophene rings is 1. The number of carboxylic acid groups (broad SMARTS) is 1. The summed E-state index contributed by atoms with van der Waals surface area (Å²) in [6.07, 6.45) is -0.406. The van der Waals surface area contributed by atoms with Gasteiger partial charge in [0.1, 0.15) is 4.88 Å². The number of aryl methyl sites for hydroxylation is 2. The molecular formula is C22H21ClN2O3S. The summed E-state index contributed by atoms with van der Waals surface area (Å²) < 4.78 is 0.956. The molecule has 5 nitrogen and oxygen atoms in total.